The molecule has 0 unspecified atom stereocenters. The maximum absolute atomic E-state index is 15.4. The highest BCUT2D eigenvalue weighted by molar-refractivity contribution is 6.08. The molecule has 4 heterocycles. The maximum atomic E-state index is 15.4. The smallest absolute Gasteiger partial charge is 0.247 e. The van der Waals surface area contributed by atoms with Crippen LogP contribution in [0.1, 0.15) is 5.69 Å². The molecule has 5 aromatic rings. The first-order valence-electron chi connectivity index (χ1n) is 12.4. The van der Waals surface area contributed by atoms with E-state index in [9.17, 15) is 4.79 Å². The molecule has 1 aliphatic rings. The van der Waals surface area contributed by atoms with Gasteiger partial charge in [0.1, 0.15) is 29.4 Å². The first kappa shape index (κ1) is 25.0. The Labute approximate surface area is 227 Å². The summed E-state index contributed by atoms with van der Waals surface area (Å²) < 4.78 is 38.2. The van der Waals surface area contributed by atoms with Gasteiger partial charge in [0.2, 0.25) is 11.8 Å². The highest BCUT2D eigenvalue weighted by Gasteiger charge is 2.32. The summed E-state index contributed by atoms with van der Waals surface area (Å²) in [5.74, 6) is -0.490. The molecule has 1 aliphatic heterocycles. The zero-order valence-corrected chi connectivity index (χ0v) is 21.4. The van der Waals surface area contributed by atoms with Crippen LogP contribution >= 0.6 is 0 Å². The third kappa shape index (κ3) is 4.27. The number of carbonyl (C=O) groups excluding carboxylic acids is 1. The molecule has 200 valence electrons. The topological polar surface area (TPSA) is 111 Å². The molecule has 0 fully saturated rings. The average molecular weight is 540 g/mol. The summed E-state index contributed by atoms with van der Waals surface area (Å²) in [4.78, 5) is 26.5. The molecule has 9 nitrogen and oxygen atoms in total. The van der Waals surface area contributed by atoms with Crippen LogP contribution in [-0.4, -0.2) is 32.0 Å². The van der Waals surface area contributed by atoms with E-state index >= 15 is 8.78 Å². The SMILES string of the molecule is C=CC(=O)Nc1ccc(F)c(N2CCn3c2c(-c2ccc(Oc4cccc(C)n4)c(F)c2)c2c(N)ncnc23)c1. The number of pyridine rings is 1. The molecule has 0 bridgehead atoms. The third-order valence-corrected chi connectivity index (χ3v) is 6.63. The average Bonchev–Trinajstić information content (AvgIpc) is 3.50. The zero-order valence-electron chi connectivity index (χ0n) is 21.4. The van der Waals surface area contributed by atoms with Crippen molar-refractivity contribution in [3.05, 3.63) is 90.9 Å². The number of nitrogens with one attached hydrogen (secondary N) is 1. The minimum atomic E-state index is -0.616. The van der Waals surface area contributed by atoms with Crippen molar-refractivity contribution in [2.45, 2.75) is 13.5 Å². The lowest BCUT2D eigenvalue weighted by Crippen LogP contribution is -2.16. The summed E-state index contributed by atoms with van der Waals surface area (Å²) in [5, 5.41) is 3.18. The first-order chi connectivity index (χ1) is 19.3. The van der Waals surface area contributed by atoms with Crippen LogP contribution in [0.25, 0.3) is 22.2 Å². The third-order valence-electron chi connectivity index (χ3n) is 6.63. The van der Waals surface area contributed by atoms with Crippen molar-refractivity contribution in [1.29, 1.82) is 0 Å². The maximum Gasteiger partial charge on any atom is 0.247 e. The van der Waals surface area contributed by atoms with E-state index in [4.69, 9.17) is 10.5 Å². The minimum absolute atomic E-state index is 0.000191. The van der Waals surface area contributed by atoms with Gasteiger partial charge in [0.15, 0.2) is 11.6 Å². The van der Waals surface area contributed by atoms with Crippen LogP contribution in [0.3, 0.4) is 0 Å². The van der Waals surface area contributed by atoms with Crippen LogP contribution < -0.4 is 20.7 Å². The number of amides is 1. The molecule has 0 saturated heterocycles. The van der Waals surface area contributed by atoms with E-state index in [1.54, 1.807) is 23.1 Å². The fraction of sp³-hybridized carbons (Fsp3) is 0.103. The number of hydrogen-bond acceptors (Lipinski definition) is 7. The van der Waals surface area contributed by atoms with Gasteiger partial charge >= 0.3 is 0 Å². The number of aromatic nitrogens is 4. The lowest BCUT2D eigenvalue weighted by Gasteiger charge is -2.21. The summed E-state index contributed by atoms with van der Waals surface area (Å²) in [5.41, 5.74) is 9.23. The molecule has 3 N–H and O–H groups in total. The number of halogens is 2. The number of nitrogens with two attached hydrogens (primary N) is 1. The molecule has 0 spiro atoms. The Balaban J connectivity index is 1.49. The van der Waals surface area contributed by atoms with Gasteiger partial charge < -0.3 is 25.3 Å². The number of fused-ring (bicyclic) bond motifs is 3. The van der Waals surface area contributed by atoms with Gasteiger partial charge in [-0.1, -0.05) is 18.7 Å². The van der Waals surface area contributed by atoms with Crippen LogP contribution in [0.4, 0.5) is 31.8 Å². The van der Waals surface area contributed by atoms with E-state index in [1.807, 2.05) is 17.6 Å². The second kappa shape index (κ2) is 9.77. The van der Waals surface area contributed by atoms with E-state index in [0.29, 0.717) is 46.8 Å². The highest BCUT2D eigenvalue weighted by atomic mass is 19.1. The van der Waals surface area contributed by atoms with E-state index in [2.05, 4.69) is 26.8 Å². The fourth-order valence-corrected chi connectivity index (χ4v) is 4.90. The standard InChI is InChI=1S/C29H23F2N7O2/c1-3-23(39)36-18-8-9-19(30)21(14-18)37-11-12-38-28-26(27(32)33-15-34-28)25(29(37)38)17-7-10-22(20(31)13-17)40-24-6-4-5-16(2)35-24/h3-10,13-15H,1,11-12H2,2H3,(H,36,39)(H2,32,33,34). The van der Waals surface area contributed by atoms with Gasteiger partial charge in [-0.05, 0) is 55.0 Å². The molecular weight excluding hydrogens is 516 g/mol. The molecule has 6 rings (SSSR count). The predicted octanol–water partition coefficient (Wildman–Crippen LogP) is 5.73. The Kier molecular flexibility index (Phi) is 6.10. The number of aryl methyl sites for hydroxylation is 1. The predicted molar refractivity (Wildman–Crippen MR) is 149 cm³/mol. The molecule has 0 saturated carbocycles. The van der Waals surface area contributed by atoms with Crippen molar-refractivity contribution in [2.75, 3.05) is 22.5 Å². The second-order valence-electron chi connectivity index (χ2n) is 9.18. The van der Waals surface area contributed by atoms with Gasteiger partial charge in [0.25, 0.3) is 0 Å². The molecule has 0 radical (unpaired) electrons. The van der Waals surface area contributed by atoms with E-state index in [0.717, 1.165) is 11.8 Å². The molecular formula is C29H23F2N7O2. The molecule has 11 heteroatoms. The lowest BCUT2D eigenvalue weighted by atomic mass is 10.0. The van der Waals surface area contributed by atoms with Crippen molar-refractivity contribution >= 4 is 40.0 Å². The van der Waals surface area contributed by atoms with Gasteiger partial charge in [0, 0.05) is 36.1 Å². The molecule has 0 aliphatic carbocycles. The van der Waals surface area contributed by atoms with Gasteiger partial charge in [0.05, 0.1) is 11.1 Å². The van der Waals surface area contributed by atoms with E-state index in [1.165, 1.54) is 36.7 Å². The number of nitrogen functional groups attached to an aromatic ring is 1. The fourth-order valence-electron chi connectivity index (χ4n) is 4.90. The summed E-state index contributed by atoms with van der Waals surface area (Å²) in [6.45, 7) is 6.14. The Morgan fingerprint density at radius 2 is 1.95 bits per heavy atom. The summed E-state index contributed by atoms with van der Waals surface area (Å²) in [6, 6.07) is 14.1. The summed E-state index contributed by atoms with van der Waals surface area (Å²) >= 11 is 0. The van der Waals surface area contributed by atoms with Crippen LogP contribution in [0.2, 0.25) is 0 Å². The number of ether oxygens (including phenoxy) is 1. The van der Waals surface area contributed by atoms with Crippen LogP contribution in [0.15, 0.2) is 73.6 Å². The number of nitrogens with zero attached hydrogens (tertiary/aromatic N) is 5. The molecule has 2 aromatic carbocycles. The summed E-state index contributed by atoms with van der Waals surface area (Å²) in [6.07, 6.45) is 2.49. The normalized spacial score (nSPS) is 12.4. The Morgan fingerprint density at radius 1 is 1.10 bits per heavy atom. The van der Waals surface area contributed by atoms with Gasteiger partial charge in [-0.25, -0.2) is 23.7 Å². The first-order valence-corrected chi connectivity index (χ1v) is 12.4. The van der Waals surface area contributed by atoms with Crippen molar-refractivity contribution < 1.29 is 18.3 Å². The van der Waals surface area contributed by atoms with Crippen molar-refractivity contribution in [3.63, 3.8) is 0 Å². The number of hydrogen-bond donors (Lipinski definition) is 2. The minimum Gasteiger partial charge on any atom is -0.436 e. The molecule has 0 atom stereocenters. The monoisotopic (exact) mass is 539 g/mol. The van der Waals surface area contributed by atoms with Crippen molar-refractivity contribution in [1.82, 2.24) is 19.5 Å². The van der Waals surface area contributed by atoms with Crippen molar-refractivity contribution in [3.8, 4) is 22.8 Å². The number of benzene rings is 2. The molecule has 40 heavy (non-hydrogen) atoms. The second-order valence-corrected chi connectivity index (χ2v) is 9.18. The highest BCUT2D eigenvalue weighted by Crippen LogP contribution is 2.47. The molecule has 1 amide bonds. The molecule has 3 aromatic heterocycles. The van der Waals surface area contributed by atoms with Crippen molar-refractivity contribution in [2.24, 2.45) is 0 Å². The van der Waals surface area contributed by atoms with Crippen LogP contribution in [0, 0.1) is 18.6 Å². The summed E-state index contributed by atoms with van der Waals surface area (Å²) in [7, 11) is 0. The van der Waals surface area contributed by atoms with Gasteiger partial charge in [-0.2, -0.15) is 0 Å². The Bertz CT molecular complexity index is 1820. The Morgan fingerprint density at radius 3 is 2.73 bits per heavy atom. The van der Waals surface area contributed by atoms with Crippen LogP contribution in [-0.2, 0) is 11.3 Å². The van der Waals surface area contributed by atoms with Crippen LogP contribution in [0.5, 0.6) is 11.6 Å². The number of carbonyl (C=O) groups is 1. The number of rotatable bonds is 6. The van der Waals surface area contributed by atoms with Gasteiger partial charge in [-0.3, -0.25) is 4.79 Å². The van der Waals surface area contributed by atoms with Gasteiger partial charge in [-0.15, -0.1) is 0 Å². The largest absolute Gasteiger partial charge is 0.436 e. The zero-order chi connectivity index (χ0) is 28.0. The quantitative estimate of drug-likeness (QED) is 0.265. The van der Waals surface area contributed by atoms with E-state index in [-0.39, 0.29) is 23.1 Å². The lowest BCUT2D eigenvalue weighted by molar-refractivity contribution is -0.111. The Hall–Kier alpha value is -5.32. The number of anilines is 4. The van der Waals surface area contributed by atoms with E-state index < -0.39 is 17.5 Å².